The smallest absolute Gasteiger partial charge is 0.0107 e. The minimum absolute atomic E-state index is 1.19. The highest BCUT2D eigenvalue weighted by atomic mass is 32.2. The minimum atomic E-state index is 1.19. The maximum atomic E-state index is 3.43. The molecule has 0 spiro atoms. The van der Waals surface area contributed by atoms with Crippen molar-refractivity contribution in [2.75, 3.05) is 44.2 Å². The van der Waals surface area contributed by atoms with Gasteiger partial charge in [0.1, 0.15) is 0 Å². The number of thioether (sulfide) groups is 1. The molecule has 0 saturated carbocycles. The maximum Gasteiger partial charge on any atom is 0.0107 e. The molecule has 0 aromatic carbocycles. The largest absolute Gasteiger partial charge is 0.314 e. The highest BCUT2D eigenvalue weighted by molar-refractivity contribution is 7.99. The second-order valence-electron chi connectivity index (χ2n) is 8.15. The molecule has 0 atom stereocenters. The van der Waals surface area contributed by atoms with Crippen molar-refractivity contribution < 1.29 is 0 Å². The molecule has 0 unspecified atom stereocenters. The van der Waals surface area contributed by atoms with Crippen LogP contribution in [0.15, 0.2) is 0 Å². The van der Waals surface area contributed by atoms with Crippen LogP contribution in [-0.4, -0.2) is 49.1 Å². The first kappa shape index (κ1) is 24.3. The van der Waals surface area contributed by atoms with Crippen LogP contribution in [0.25, 0.3) is 0 Å². The number of nitrogens with zero attached hydrogens (tertiary/aromatic N) is 1. The molecule has 1 aliphatic heterocycles. The Morgan fingerprint density at radius 1 is 0.615 bits per heavy atom. The number of nitrogens with one attached hydrogen (secondary N) is 1. The zero-order valence-corrected chi connectivity index (χ0v) is 18.7. The van der Waals surface area contributed by atoms with Gasteiger partial charge >= 0.3 is 0 Å². The quantitative estimate of drug-likeness (QED) is 0.256. The fourth-order valence-electron chi connectivity index (χ4n) is 3.83. The number of hydrogen-bond acceptors (Lipinski definition) is 3. The van der Waals surface area contributed by atoms with Crippen LogP contribution < -0.4 is 5.32 Å². The lowest BCUT2D eigenvalue weighted by atomic mass is 10.0. The van der Waals surface area contributed by atoms with E-state index < -0.39 is 0 Å². The topological polar surface area (TPSA) is 15.3 Å². The van der Waals surface area contributed by atoms with Crippen LogP contribution in [0, 0.1) is 0 Å². The fourth-order valence-corrected chi connectivity index (χ4v) is 4.77. The molecule has 0 radical (unpaired) electrons. The van der Waals surface area contributed by atoms with Crippen LogP contribution in [0.2, 0.25) is 0 Å². The first-order chi connectivity index (χ1) is 12.9. The monoisotopic (exact) mass is 384 g/mol. The van der Waals surface area contributed by atoms with Crippen molar-refractivity contribution in [2.24, 2.45) is 0 Å². The Morgan fingerprint density at radius 3 is 1.62 bits per heavy atom. The van der Waals surface area contributed by atoms with Crippen molar-refractivity contribution in [1.82, 2.24) is 10.2 Å². The summed E-state index contributed by atoms with van der Waals surface area (Å²) in [5.74, 6) is 2.75. The lowest BCUT2D eigenvalue weighted by molar-refractivity contribution is 0.242. The van der Waals surface area contributed by atoms with Crippen molar-refractivity contribution in [3.63, 3.8) is 0 Å². The lowest BCUT2D eigenvalue weighted by Gasteiger charge is -2.26. The fraction of sp³-hybridized carbons (Fsp3) is 1.00. The van der Waals surface area contributed by atoms with E-state index in [1.165, 1.54) is 141 Å². The van der Waals surface area contributed by atoms with E-state index in [-0.39, 0.29) is 0 Å². The van der Waals surface area contributed by atoms with E-state index in [1.54, 1.807) is 0 Å². The number of piperazine rings is 1. The average Bonchev–Trinajstić information content (AvgIpc) is 2.68. The third-order valence-electron chi connectivity index (χ3n) is 5.61. The molecule has 3 heteroatoms. The lowest BCUT2D eigenvalue weighted by Crippen LogP contribution is -2.43. The van der Waals surface area contributed by atoms with Gasteiger partial charge in [-0.25, -0.2) is 0 Å². The van der Waals surface area contributed by atoms with Crippen LogP contribution in [0.3, 0.4) is 0 Å². The van der Waals surface area contributed by atoms with E-state index in [0.29, 0.717) is 0 Å². The molecule has 156 valence electrons. The molecule has 1 saturated heterocycles. The molecule has 1 fully saturated rings. The summed E-state index contributed by atoms with van der Waals surface area (Å²) >= 11 is 2.18. The van der Waals surface area contributed by atoms with Crippen molar-refractivity contribution in [3.8, 4) is 0 Å². The molecule has 1 rings (SSSR count). The predicted octanol–water partition coefficient (Wildman–Crippen LogP) is 6.50. The first-order valence-corrected chi connectivity index (χ1v) is 13.1. The second-order valence-corrected chi connectivity index (χ2v) is 9.38. The Kier molecular flexibility index (Phi) is 18.7. The third kappa shape index (κ3) is 16.4. The molecular formula is C23H48N2S. The van der Waals surface area contributed by atoms with Crippen molar-refractivity contribution in [3.05, 3.63) is 0 Å². The molecule has 0 bridgehead atoms. The highest BCUT2D eigenvalue weighted by Gasteiger charge is 2.07. The van der Waals surface area contributed by atoms with Gasteiger partial charge in [-0.05, 0) is 30.9 Å². The van der Waals surface area contributed by atoms with Crippen molar-refractivity contribution in [1.29, 1.82) is 0 Å². The molecule has 1 heterocycles. The van der Waals surface area contributed by atoms with Crippen molar-refractivity contribution >= 4 is 11.8 Å². The van der Waals surface area contributed by atoms with E-state index in [2.05, 4.69) is 28.9 Å². The van der Waals surface area contributed by atoms with Gasteiger partial charge in [-0.3, -0.25) is 0 Å². The molecule has 1 aliphatic rings. The van der Waals surface area contributed by atoms with E-state index in [9.17, 15) is 0 Å². The minimum Gasteiger partial charge on any atom is -0.314 e. The van der Waals surface area contributed by atoms with Crippen LogP contribution in [-0.2, 0) is 0 Å². The summed E-state index contributed by atoms with van der Waals surface area (Å²) in [4.78, 5) is 2.61. The molecule has 1 N–H and O–H groups in total. The second kappa shape index (κ2) is 20.0. The van der Waals surface area contributed by atoms with Gasteiger partial charge in [0, 0.05) is 26.2 Å². The Labute approximate surface area is 169 Å². The summed E-state index contributed by atoms with van der Waals surface area (Å²) in [6.07, 6.45) is 21.9. The Hall–Kier alpha value is 0.270. The SMILES string of the molecule is CCCCCCCCCCCCCCCCSCCCN1CCNCC1. The van der Waals surface area contributed by atoms with Gasteiger partial charge in [0.05, 0.1) is 0 Å². The number of unbranched alkanes of at least 4 members (excludes halogenated alkanes) is 13. The normalized spacial score (nSPS) is 15.6. The standard InChI is InChI=1S/C23H48N2S/c1-2-3-4-5-6-7-8-9-10-11-12-13-14-15-22-26-23-16-19-25-20-17-24-18-21-25/h24H,2-23H2,1H3. The van der Waals surface area contributed by atoms with Gasteiger partial charge in [0.15, 0.2) is 0 Å². The van der Waals surface area contributed by atoms with Crippen LogP contribution in [0.5, 0.6) is 0 Å². The Balaban J connectivity index is 1.65. The molecule has 2 nitrogen and oxygen atoms in total. The average molecular weight is 385 g/mol. The van der Waals surface area contributed by atoms with Gasteiger partial charge in [0.25, 0.3) is 0 Å². The third-order valence-corrected chi connectivity index (χ3v) is 6.77. The molecule has 0 aliphatic carbocycles. The zero-order valence-electron chi connectivity index (χ0n) is 17.9. The van der Waals surface area contributed by atoms with Gasteiger partial charge in [-0.15, -0.1) is 0 Å². The van der Waals surface area contributed by atoms with E-state index in [0.717, 1.165) is 0 Å². The Morgan fingerprint density at radius 2 is 1.08 bits per heavy atom. The zero-order chi connectivity index (χ0) is 18.5. The number of rotatable bonds is 19. The summed E-state index contributed by atoms with van der Waals surface area (Å²) < 4.78 is 0. The molecule has 0 amide bonds. The van der Waals surface area contributed by atoms with Gasteiger partial charge in [-0.2, -0.15) is 11.8 Å². The first-order valence-electron chi connectivity index (χ1n) is 11.9. The Bertz CT molecular complexity index is 267. The molecule has 0 aromatic rings. The van der Waals surface area contributed by atoms with Crippen LogP contribution >= 0.6 is 11.8 Å². The van der Waals surface area contributed by atoms with E-state index >= 15 is 0 Å². The summed E-state index contributed by atoms with van der Waals surface area (Å²) in [7, 11) is 0. The van der Waals surface area contributed by atoms with E-state index in [4.69, 9.17) is 0 Å². The predicted molar refractivity (Wildman–Crippen MR) is 122 cm³/mol. The summed E-state index contributed by atoms with van der Waals surface area (Å²) in [6.45, 7) is 8.49. The van der Waals surface area contributed by atoms with Gasteiger partial charge in [0.2, 0.25) is 0 Å². The highest BCUT2D eigenvalue weighted by Crippen LogP contribution is 2.14. The summed E-state index contributed by atoms with van der Waals surface area (Å²) in [5.41, 5.74) is 0. The molecule has 26 heavy (non-hydrogen) atoms. The molecule has 0 aromatic heterocycles. The van der Waals surface area contributed by atoms with Gasteiger partial charge < -0.3 is 10.2 Å². The van der Waals surface area contributed by atoms with Gasteiger partial charge in [-0.1, -0.05) is 90.4 Å². The van der Waals surface area contributed by atoms with Crippen molar-refractivity contribution in [2.45, 2.75) is 103 Å². The van der Waals surface area contributed by atoms with E-state index in [1.807, 2.05) is 0 Å². The number of hydrogen-bond donors (Lipinski definition) is 1. The van der Waals surface area contributed by atoms with Crippen LogP contribution in [0.4, 0.5) is 0 Å². The molecular weight excluding hydrogens is 336 g/mol. The van der Waals surface area contributed by atoms with Crippen LogP contribution in [0.1, 0.15) is 103 Å². The maximum absolute atomic E-state index is 3.43. The summed E-state index contributed by atoms with van der Waals surface area (Å²) in [6, 6.07) is 0. The summed E-state index contributed by atoms with van der Waals surface area (Å²) in [5, 5.41) is 3.43.